The van der Waals surface area contributed by atoms with Gasteiger partial charge in [-0.05, 0) is 35.9 Å². The van der Waals surface area contributed by atoms with Crippen molar-refractivity contribution in [2.75, 3.05) is 6.61 Å². The molecule has 1 aromatic carbocycles. The summed E-state index contributed by atoms with van der Waals surface area (Å²) in [5, 5.41) is 3.14. The van der Waals surface area contributed by atoms with Gasteiger partial charge in [-0.25, -0.2) is 9.78 Å². The number of fused-ring (bicyclic) bond motifs is 1. The van der Waals surface area contributed by atoms with E-state index in [1.165, 1.54) is 4.70 Å². The van der Waals surface area contributed by atoms with Crippen LogP contribution >= 0.6 is 11.3 Å². The molecule has 0 atom stereocenters. The average Bonchev–Trinajstić information content (AvgIpc) is 2.97. The zero-order valence-corrected chi connectivity index (χ0v) is 12.9. The van der Waals surface area contributed by atoms with E-state index in [1.807, 2.05) is 30.5 Å². The third kappa shape index (κ3) is 2.94. The zero-order valence-electron chi connectivity index (χ0n) is 12.1. The molecule has 0 saturated carbocycles. The quantitative estimate of drug-likeness (QED) is 0.667. The Labute approximate surface area is 132 Å². The van der Waals surface area contributed by atoms with Crippen molar-refractivity contribution in [1.82, 2.24) is 4.98 Å². The minimum Gasteiger partial charge on any atom is -0.477 e. The summed E-state index contributed by atoms with van der Waals surface area (Å²) in [6, 6.07) is 11.4. The Morgan fingerprint density at radius 1 is 1.23 bits per heavy atom. The minimum atomic E-state index is -0.424. The van der Waals surface area contributed by atoms with Gasteiger partial charge in [0.05, 0.1) is 6.61 Å². The monoisotopic (exact) mass is 313 g/mol. The maximum Gasteiger partial charge on any atom is 0.343 e. The molecule has 2 heterocycles. The van der Waals surface area contributed by atoms with Crippen LogP contribution in [0.2, 0.25) is 0 Å². The largest absolute Gasteiger partial charge is 0.477 e. The maximum absolute atomic E-state index is 12.2. The molecule has 0 spiro atoms. The van der Waals surface area contributed by atoms with Gasteiger partial charge in [-0.1, -0.05) is 18.2 Å². The molecule has 0 aliphatic heterocycles. The zero-order chi connectivity index (χ0) is 15.4. The number of thiophene rings is 1. The number of carbonyl (C=O) groups is 1. The number of nitrogens with zero attached hydrogens (tertiary/aromatic N) is 1. The number of hydrogen-bond acceptors (Lipinski definition) is 5. The topological polar surface area (TPSA) is 48.4 Å². The molecule has 3 aromatic rings. The molecule has 3 rings (SSSR count). The summed E-state index contributed by atoms with van der Waals surface area (Å²) in [5.74, 6) is -0.114. The number of rotatable bonds is 5. The lowest BCUT2D eigenvalue weighted by atomic mass is 10.2. The number of benzene rings is 1. The molecule has 0 bridgehead atoms. The predicted molar refractivity (Wildman–Crippen MR) is 86.4 cm³/mol. The van der Waals surface area contributed by atoms with Crippen molar-refractivity contribution in [3.8, 4) is 5.88 Å². The van der Waals surface area contributed by atoms with Crippen LogP contribution in [0, 0.1) is 0 Å². The molecular weight excluding hydrogens is 298 g/mol. The van der Waals surface area contributed by atoms with Crippen LogP contribution in [0.4, 0.5) is 0 Å². The highest BCUT2D eigenvalue weighted by molar-refractivity contribution is 7.17. The van der Waals surface area contributed by atoms with Crippen LogP contribution in [0.3, 0.4) is 0 Å². The number of pyridine rings is 1. The van der Waals surface area contributed by atoms with Gasteiger partial charge in [0.15, 0.2) is 0 Å². The molecule has 0 saturated heterocycles. The molecule has 5 heteroatoms. The van der Waals surface area contributed by atoms with Crippen LogP contribution in [0.15, 0.2) is 48.0 Å². The Morgan fingerprint density at radius 2 is 2.09 bits per heavy atom. The van der Waals surface area contributed by atoms with E-state index in [0.29, 0.717) is 18.1 Å². The van der Waals surface area contributed by atoms with Crippen LogP contribution in [0.1, 0.15) is 22.8 Å². The molecule has 112 valence electrons. The smallest absolute Gasteiger partial charge is 0.343 e. The van der Waals surface area contributed by atoms with E-state index in [-0.39, 0.29) is 6.61 Å². The van der Waals surface area contributed by atoms with Crippen LogP contribution < -0.4 is 4.74 Å². The molecule has 0 aliphatic rings. The highest BCUT2D eigenvalue weighted by Crippen LogP contribution is 2.26. The summed E-state index contributed by atoms with van der Waals surface area (Å²) in [6.45, 7) is 2.54. The number of ether oxygens (including phenoxy) is 2. The summed E-state index contributed by atoms with van der Waals surface area (Å²) >= 11 is 1.64. The maximum atomic E-state index is 12.2. The van der Waals surface area contributed by atoms with E-state index in [4.69, 9.17) is 9.47 Å². The van der Waals surface area contributed by atoms with Crippen molar-refractivity contribution in [2.24, 2.45) is 0 Å². The van der Waals surface area contributed by atoms with Crippen molar-refractivity contribution >= 4 is 27.4 Å². The summed E-state index contributed by atoms with van der Waals surface area (Å²) in [6.07, 6.45) is 1.59. The average molecular weight is 313 g/mol. The second-order valence-electron chi connectivity index (χ2n) is 4.62. The van der Waals surface area contributed by atoms with Crippen LogP contribution in [-0.4, -0.2) is 17.6 Å². The summed E-state index contributed by atoms with van der Waals surface area (Å²) in [4.78, 5) is 16.3. The second-order valence-corrected chi connectivity index (χ2v) is 5.53. The SMILES string of the molecule is CCOc1ncccc1C(=O)OCc1csc2ccccc12. The van der Waals surface area contributed by atoms with Gasteiger partial charge in [0.1, 0.15) is 12.2 Å². The minimum absolute atomic E-state index is 0.239. The summed E-state index contributed by atoms with van der Waals surface area (Å²) < 4.78 is 12.0. The summed E-state index contributed by atoms with van der Waals surface area (Å²) in [7, 11) is 0. The Balaban J connectivity index is 1.75. The van der Waals surface area contributed by atoms with Crippen molar-refractivity contribution in [1.29, 1.82) is 0 Å². The highest BCUT2D eigenvalue weighted by Gasteiger charge is 2.15. The fourth-order valence-electron chi connectivity index (χ4n) is 2.16. The number of esters is 1. The molecule has 0 aliphatic carbocycles. The first-order chi connectivity index (χ1) is 10.8. The van der Waals surface area contributed by atoms with Crippen molar-refractivity contribution < 1.29 is 14.3 Å². The first-order valence-corrected chi connectivity index (χ1v) is 7.87. The fourth-order valence-corrected chi connectivity index (χ4v) is 3.11. The molecule has 0 unspecified atom stereocenters. The van der Waals surface area contributed by atoms with Gasteiger partial charge >= 0.3 is 5.97 Å². The van der Waals surface area contributed by atoms with Crippen molar-refractivity contribution in [2.45, 2.75) is 13.5 Å². The summed E-state index contributed by atoms with van der Waals surface area (Å²) in [5.41, 5.74) is 1.36. The molecule has 2 aromatic heterocycles. The van der Waals surface area contributed by atoms with Crippen molar-refractivity contribution in [3.63, 3.8) is 0 Å². The fraction of sp³-hybridized carbons (Fsp3) is 0.176. The highest BCUT2D eigenvalue weighted by atomic mass is 32.1. The molecular formula is C17H15NO3S. The molecule has 22 heavy (non-hydrogen) atoms. The van der Waals surface area contributed by atoms with E-state index >= 15 is 0 Å². The number of hydrogen-bond donors (Lipinski definition) is 0. The molecule has 0 amide bonds. The van der Waals surface area contributed by atoms with Gasteiger partial charge < -0.3 is 9.47 Å². The number of aromatic nitrogens is 1. The van der Waals surface area contributed by atoms with Gasteiger partial charge in [-0.15, -0.1) is 11.3 Å². The number of carbonyl (C=O) groups excluding carboxylic acids is 1. The lowest BCUT2D eigenvalue weighted by Gasteiger charge is -2.08. The molecule has 0 radical (unpaired) electrons. The van der Waals surface area contributed by atoms with Gasteiger partial charge in [0.25, 0.3) is 0 Å². The third-order valence-corrected chi connectivity index (χ3v) is 4.20. The lowest BCUT2D eigenvalue weighted by molar-refractivity contribution is 0.0469. The van der Waals surface area contributed by atoms with Gasteiger partial charge in [-0.2, -0.15) is 0 Å². The van der Waals surface area contributed by atoms with Crippen LogP contribution in [0.5, 0.6) is 5.88 Å². The van der Waals surface area contributed by atoms with Crippen LogP contribution in [-0.2, 0) is 11.3 Å². The van der Waals surface area contributed by atoms with E-state index < -0.39 is 5.97 Å². The van der Waals surface area contributed by atoms with Gasteiger partial charge in [0.2, 0.25) is 5.88 Å². The Kier molecular flexibility index (Phi) is 4.34. The van der Waals surface area contributed by atoms with Crippen molar-refractivity contribution in [3.05, 3.63) is 59.1 Å². The Morgan fingerprint density at radius 3 is 2.95 bits per heavy atom. The first kappa shape index (κ1) is 14.5. The van der Waals surface area contributed by atoms with E-state index in [1.54, 1.807) is 29.7 Å². The third-order valence-electron chi connectivity index (χ3n) is 3.19. The standard InChI is InChI=1S/C17H15NO3S/c1-2-20-16-14(7-5-9-18-16)17(19)21-10-12-11-22-15-8-4-3-6-13(12)15/h3-9,11H,2,10H2,1H3. The predicted octanol–water partition coefficient (Wildman–Crippen LogP) is 4.05. The van der Waals surface area contributed by atoms with E-state index in [9.17, 15) is 4.79 Å². The lowest BCUT2D eigenvalue weighted by Crippen LogP contribution is -2.09. The molecule has 4 nitrogen and oxygen atoms in total. The normalized spacial score (nSPS) is 10.6. The Bertz CT molecular complexity index is 797. The molecule has 0 N–H and O–H groups in total. The molecule has 0 fully saturated rings. The van der Waals surface area contributed by atoms with Gasteiger partial charge in [0, 0.05) is 16.5 Å². The van der Waals surface area contributed by atoms with E-state index in [2.05, 4.69) is 11.1 Å². The van der Waals surface area contributed by atoms with E-state index in [0.717, 1.165) is 10.9 Å². The van der Waals surface area contributed by atoms with Gasteiger partial charge in [-0.3, -0.25) is 0 Å². The first-order valence-electron chi connectivity index (χ1n) is 6.99. The second kappa shape index (κ2) is 6.58. The Hall–Kier alpha value is -2.40. The van der Waals surface area contributed by atoms with Crippen LogP contribution in [0.25, 0.3) is 10.1 Å².